The van der Waals surface area contributed by atoms with E-state index in [4.69, 9.17) is 5.11 Å². The molecule has 0 radical (unpaired) electrons. The molecule has 2 rings (SSSR count). The Kier molecular flexibility index (Phi) is 3.57. The normalized spacial score (nSPS) is 10.6. The number of carboxylic acids is 1. The smallest absolute Gasteiger partial charge is 0.337 e. The van der Waals surface area contributed by atoms with Gasteiger partial charge in [-0.1, -0.05) is 28.1 Å². The summed E-state index contributed by atoms with van der Waals surface area (Å²) in [6, 6.07) is 9.62. The molecule has 1 aromatic heterocycles. The van der Waals surface area contributed by atoms with Crippen molar-refractivity contribution in [2.75, 3.05) is 0 Å². The molecule has 0 aliphatic heterocycles. The van der Waals surface area contributed by atoms with Crippen LogP contribution >= 0.6 is 15.9 Å². The number of carbonyl (C=O) groups is 1. The maximum absolute atomic E-state index is 11.2. The minimum Gasteiger partial charge on any atom is -0.478 e. The summed E-state index contributed by atoms with van der Waals surface area (Å²) in [6.45, 7) is 4.61. The van der Waals surface area contributed by atoms with Gasteiger partial charge in [-0.3, -0.25) is 0 Å². The zero-order chi connectivity index (χ0) is 13.3. The van der Waals surface area contributed by atoms with Gasteiger partial charge in [0.25, 0.3) is 0 Å². The highest BCUT2D eigenvalue weighted by Crippen LogP contribution is 2.27. The fourth-order valence-corrected chi connectivity index (χ4v) is 2.39. The van der Waals surface area contributed by atoms with Crippen molar-refractivity contribution in [3.05, 3.63) is 46.1 Å². The summed E-state index contributed by atoms with van der Waals surface area (Å²) in [4.78, 5) is 11.2. The number of nitrogens with zero attached hydrogens (tertiary/aromatic N) is 1. The van der Waals surface area contributed by atoms with E-state index < -0.39 is 5.97 Å². The number of rotatable bonds is 3. The van der Waals surface area contributed by atoms with E-state index in [1.54, 1.807) is 6.07 Å². The minimum atomic E-state index is -0.877. The number of hydrogen-bond acceptors (Lipinski definition) is 1. The summed E-state index contributed by atoms with van der Waals surface area (Å²) >= 11 is 3.40. The largest absolute Gasteiger partial charge is 0.478 e. The van der Waals surface area contributed by atoms with Gasteiger partial charge in [0, 0.05) is 22.4 Å². The van der Waals surface area contributed by atoms with Gasteiger partial charge in [-0.2, -0.15) is 0 Å². The first kappa shape index (κ1) is 12.9. The van der Waals surface area contributed by atoms with E-state index in [0.29, 0.717) is 5.56 Å². The van der Waals surface area contributed by atoms with Crippen LogP contribution < -0.4 is 0 Å². The van der Waals surface area contributed by atoms with Crippen LogP contribution in [-0.4, -0.2) is 15.6 Å². The van der Waals surface area contributed by atoms with Crippen LogP contribution in [0.25, 0.3) is 11.3 Å². The third-order valence-electron chi connectivity index (χ3n) is 3.05. The summed E-state index contributed by atoms with van der Waals surface area (Å²) in [7, 11) is 0. The van der Waals surface area contributed by atoms with E-state index in [9.17, 15) is 4.79 Å². The molecule has 0 spiro atoms. The van der Waals surface area contributed by atoms with Gasteiger partial charge in [0.2, 0.25) is 0 Å². The highest BCUT2D eigenvalue weighted by Gasteiger charge is 2.16. The SMILES string of the molecule is CCn1c(-c2ccc(Br)cc2)cc(C(=O)O)c1C. The fourth-order valence-electron chi connectivity index (χ4n) is 2.13. The Hall–Kier alpha value is -1.55. The van der Waals surface area contributed by atoms with Crippen molar-refractivity contribution in [3.63, 3.8) is 0 Å². The third-order valence-corrected chi connectivity index (χ3v) is 3.58. The van der Waals surface area contributed by atoms with Crippen LogP contribution in [0.3, 0.4) is 0 Å². The maximum atomic E-state index is 11.2. The van der Waals surface area contributed by atoms with Crippen molar-refractivity contribution in [2.24, 2.45) is 0 Å². The molecule has 1 heterocycles. The second-order valence-electron chi connectivity index (χ2n) is 4.08. The predicted molar refractivity (Wildman–Crippen MR) is 74.9 cm³/mol. The molecule has 1 N–H and O–H groups in total. The van der Waals surface area contributed by atoms with Crippen molar-refractivity contribution >= 4 is 21.9 Å². The molecule has 0 fully saturated rings. The highest BCUT2D eigenvalue weighted by molar-refractivity contribution is 9.10. The fraction of sp³-hybridized carbons (Fsp3) is 0.214. The van der Waals surface area contributed by atoms with Crippen LogP contribution in [0.5, 0.6) is 0 Å². The summed E-state index contributed by atoms with van der Waals surface area (Å²) in [5.41, 5.74) is 3.13. The standard InChI is InChI=1S/C14H14BrNO2/c1-3-16-9(2)12(14(17)18)8-13(16)10-4-6-11(15)7-5-10/h4-8H,3H2,1-2H3,(H,17,18). The maximum Gasteiger partial charge on any atom is 0.337 e. The summed E-state index contributed by atoms with van der Waals surface area (Å²) < 4.78 is 3.03. The van der Waals surface area contributed by atoms with E-state index in [1.165, 1.54) is 0 Å². The molecule has 0 aliphatic carbocycles. The topological polar surface area (TPSA) is 42.2 Å². The summed E-state index contributed by atoms with van der Waals surface area (Å²) in [5.74, 6) is -0.877. The van der Waals surface area contributed by atoms with E-state index in [2.05, 4.69) is 15.9 Å². The van der Waals surface area contributed by atoms with Crippen LogP contribution in [0.1, 0.15) is 23.0 Å². The quantitative estimate of drug-likeness (QED) is 0.933. The molecule has 94 valence electrons. The Labute approximate surface area is 114 Å². The second kappa shape index (κ2) is 4.98. The van der Waals surface area contributed by atoms with Gasteiger partial charge in [0.15, 0.2) is 0 Å². The Bertz CT molecular complexity index is 585. The van der Waals surface area contributed by atoms with E-state index in [1.807, 2.05) is 42.7 Å². The number of halogens is 1. The van der Waals surface area contributed by atoms with Crippen molar-refractivity contribution in [1.82, 2.24) is 4.57 Å². The number of benzene rings is 1. The highest BCUT2D eigenvalue weighted by atomic mass is 79.9. The molecule has 18 heavy (non-hydrogen) atoms. The van der Waals surface area contributed by atoms with Crippen molar-refractivity contribution in [1.29, 1.82) is 0 Å². The zero-order valence-corrected chi connectivity index (χ0v) is 11.9. The molecule has 4 heteroatoms. The number of carboxylic acid groups (broad SMARTS) is 1. The molecule has 1 aromatic carbocycles. The Morgan fingerprint density at radius 2 is 1.94 bits per heavy atom. The van der Waals surface area contributed by atoms with Gasteiger partial charge >= 0.3 is 5.97 Å². The van der Waals surface area contributed by atoms with Crippen molar-refractivity contribution in [2.45, 2.75) is 20.4 Å². The van der Waals surface area contributed by atoms with Crippen LogP contribution in [-0.2, 0) is 6.54 Å². The van der Waals surface area contributed by atoms with Gasteiger partial charge in [-0.05, 0) is 37.6 Å². The van der Waals surface area contributed by atoms with Crippen LogP contribution in [0.15, 0.2) is 34.8 Å². The summed E-state index contributed by atoms with van der Waals surface area (Å²) in [6.07, 6.45) is 0. The van der Waals surface area contributed by atoms with Crippen molar-refractivity contribution in [3.8, 4) is 11.3 Å². The van der Waals surface area contributed by atoms with Gasteiger partial charge in [0.1, 0.15) is 0 Å². The van der Waals surface area contributed by atoms with Crippen LogP contribution in [0.4, 0.5) is 0 Å². The third kappa shape index (κ3) is 2.20. The summed E-state index contributed by atoms with van der Waals surface area (Å²) in [5, 5.41) is 9.17. The van der Waals surface area contributed by atoms with Crippen LogP contribution in [0, 0.1) is 6.92 Å². The Morgan fingerprint density at radius 1 is 1.33 bits per heavy atom. The molecule has 0 saturated heterocycles. The Morgan fingerprint density at radius 3 is 2.44 bits per heavy atom. The van der Waals surface area contributed by atoms with Crippen molar-refractivity contribution < 1.29 is 9.90 Å². The predicted octanol–water partition coefficient (Wildman–Crippen LogP) is 3.94. The van der Waals surface area contributed by atoms with Gasteiger partial charge < -0.3 is 9.67 Å². The van der Waals surface area contributed by atoms with E-state index in [-0.39, 0.29) is 0 Å². The van der Waals surface area contributed by atoms with E-state index in [0.717, 1.165) is 28.0 Å². The lowest BCUT2D eigenvalue weighted by Crippen LogP contribution is -2.02. The molecular formula is C14H14BrNO2. The average molecular weight is 308 g/mol. The lowest BCUT2D eigenvalue weighted by molar-refractivity contribution is 0.0696. The van der Waals surface area contributed by atoms with Gasteiger partial charge in [0.05, 0.1) is 5.56 Å². The zero-order valence-electron chi connectivity index (χ0n) is 10.3. The Balaban J connectivity index is 2.60. The first-order valence-corrected chi connectivity index (χ1v) is 6.53. The number of hydrogen-bond donors (Lipinski definition) is 1. The molecular weight excluding hydrogens is 294 g/mol. The van der Waals surface area contributed by atoms with Gasteiger partial charge in [-0.25, -0.2) is 4.79 Å². The average Bonchev–Trinajstić information content (AvgIpc) is 2.67. The molecule has 0 atom stereocenters. The first-order chi connectivity index (χ1) is 8.54. The van der Waals surface area contributed by atoms with Gasteiger partial charge in [-0.15, -0.1) is 0 Å². The molecule has 2 aromatic rings. The molecule has 0 unspecified atom stereocenters. The second-order valence-corrected chi connectivity index (χ2v) is 5.00. The number of aromatic carboxylic acids is 1. The molecule has 0 bridgehead atoms. The van der Waals surface area contributed by atoms with E-state index >= 15 is 0 Å². The molecule has 3 nitrogen and oxygen atoms in total. The first-order valence-electron chi connectivity index (χ1n) is 5.74. The molecule has 0 amide bonds. The van der Waals surface area contributed by atoms with Crippen LogP contribution in [0.2, 0.25) is 0 Å². The lowest BCUT2D eigenvalue weighted by atomic mass is 10.1. The minimum absolute atomic E-state index is 0.370. The monoisotopic (exact) mass is 307 g/mol. The molecule has 0 saturated carbocycles. The number of aromatic nitrogens is 1. The lowest BCUT2D eigenvalue weighted by Gasteiger charge is -2.09. The molecule has 0 aliphatic rings.